The number of carbonyl (C=O) groups is 1. The van der Waals surface area contributed by atoms with Gasteiger partial charge in [0.2, 0.25) is 10.0 Å². The molecule has 0 atom stereocenters. The third kappa shape index (κ3) is 5.01. The lowest BCUT2D eigenvalue weighted by Crippen LogP contribution is -2.24. The summed E-state index contributed by atoms with van der Waals surface area (Å²) in [6.07, 6.45) is 0. The van der Waals surface area contributed by atoms with Gasteiger partial charge in [-0.3, -0.25) is 14.9 Å². The van der Waals surface area contributed by atoms with Crippen LogP contribution < -0.4 is 10.0 Å². The molecule has 3 aromatic carbocycles. The lowest BCUT2D eigenvalue weighted by molar-refractivity contribution is -0.383. The van der Waals surface area contributed by atoms with Gasteiger partial charge in [0.15, 0.2) is 0 Å². The van der Waals surface area contributed by atoms with E-state index in [9.17, 15) is 23.3 Å². The lowest BCUT2D eigenvalue weighted by Gasteiger charge is -2.11. The molecule has 0 aliphatic carbocycles. The zero-order valence-corrected chi connectivity index (χ0v) is 17.0. The van der Waals surface area contributed by atoms with Crippen LogP contribution >= 0.6 is 11.6 Å². The van der Waals surface area contributed by atoms with Crippen molar-refractivity contribution in [3.8, 4) is 0 Å². The van der Waals surface area contributed by atoms with Gasteiger partial charge in [-0.25, -0.2) is 13.1 Å². The van der Waals surface area contributed by atoms with E-state index in [4.69, 9.17) is 11.6 Å². The van der Waals surface area contributed by atoms with Crippen molar-refractivity contribution in [2.24, 2.45) is 0 Å². The number of rotatable bonds is 7. The van der Waals surface area contributed by atoms with Crippen molar-refractivity contribution in [3.63, 3.8) is 0 Å². The van der Waals surface area contributed by atoms with Gasteiger partial charge in [0.25, 0.3) is 11.6 Å². The Labute approximate surface area is 177 Å². The largest absolute Gasteiger partial charge is 0.316 e. The van der Waals surface area contributed by atoms with Crippen LogP contribution in [-0.2, 0) is 16.6 Å². The molecule has 3 rings (SSSR count). The van der Waals surface area contributed by atoms with E-state index in [1.54, 1.807) is 24.3 Å². The number of nitro benzene ring substituents is 1. The van der Waals surface area contributed by atoms with Crippen LogP contribution in [0.1, 0.15) is 15.9 Å². The highest BCUT2D eigenvalue weighted by Gasteiger charge is 2.21. The summed E-state index contributed by atoms with van der Waals surface area (Å²) in [4.78, 5) is 23.0. The zero-order chi connectivity index (χ0) is 21.7. The molecular weight excluding hydrogens is 430 g/mol. The minimum atomic E-state index is -3.92. The van der Waals surface area contributed by atoms with Crippen molar-refractivity contribution in [2.75, 3.05) is 5.32 Å². The summed E-state index contributed by atoms with van der Waals surface area (Å²) in [5.41, 5.74) is 0.316. The maximum absolute atomic E-state index is 12.6. The van der Waals surface area contributed by atoms with Crippen LogP contribution in [0, 0.1) is 10.1 Å². The molecule has 0 bridgehead atoms. The maximum Gasteiger partial charge on any atom is 0.292 e. The number of benzene rings is 3. The van der Waals surface area contributed by atoms with Gasteiger partial charge in [0, 0.05) is 12.6 Å². The summed E-state index contributed by atoms with van der Waals surface area (Å²) in [5.74, 6) is -0.769. The number of anilines is 1. The number of nitrogens with zero attached hydrogens (tertiary/aromatic N) is 1. The van der Waals surface area contributed by atoms with Gasteiger partial charge >= 0.3 is 0 Å². The minimum absolute atomic E-state index is 0.00749. The van der Waals surface area contributed by atoms with Crippen molar-refractivity contribution in [3.05, 3.63) is 99.1 Å². The summed E-state index contributed by atoms with van der Waals surface area (Å²) in [5, 5.41) is 13.5. The molecule has 10 heteroatoms. The summed E-state index contributed by atoms with van der Waals surface area (Å²) in [6.45, 7) is 0.0730. The van der Waals surface area contributed by atoms with Gasteiger partial charge in [-0.05, 0) is 29.8 Å². The van der Waals surface area contributed by atoms with Gasteiger partial charge in [-0.2, -0.15) is 0 Å². The van der Waals surface area contributed by atoms with Gasteiger partial charge < -0.3 is 5.32 Å². The average molecular weight is 446 g/mol. The fourth-order valence-electron chi connectivity index (χ4n) is 2.63. The van der Waals surface area contributed by atoms with Crippen LogP contribution in [0.25, 0.3) is 0 Å². The molecule has 0 fully saturated rings. The number of halogens is 1. The molecule has 0 aliphatic heterocycles. The molecule has 0 unspecified atom stereocenters. The Morgan fingerprint density at radius 2 is 1.67 bits per heavy atom. The molecule has 3 aromatic rings. The summed E-state index contributed by atoms with van der Waals surface area (Å²) >= 11 is 6.07. The zero-order valence-electron chi connectivity index (χ0n) is 15.4. The Hall–Kier alpha value is -3.27. The molecule has 1 amide bonds. The summed E-state index contributed by atoms with van der Waals surface area (Å²) in [6, 6.07) is 18.2. The van der Waals surface area contributed by atoms with Crippen molar-refractivity contribution in [1.29, 1.82) is 0 Å². The molecule has 0 radical (unpaired) electrons. The van der Waals surface area contributed by atoms with Gasteiger partial charge in [0.05, 0.1) is 20.4 Å². The maximum atomic E-state index is 12.6. The number of amides is 1. The van der Waals surface area contributed by atoms with E-state index in [-0.39, 0.29) is 33.4 Å². The number of hydrogen-bond donors (Lipinski definition) is 2. The topological polar surface area (TPSA) is 118 Å². The predicted molar refractivity (Wildman–Crippen MR) is 113 cm³/mol. The number of nitrogens with one attached hydrogen (secondary N) is 2. The number of sulfonamides is 1. The molecule has 8 nitrogen and oxygen atoms in total. The minimum Gasteiger partial charge on any atom is -0.316 e. The SMILES string of the molecule is O=C(Nc1ccccc1[N+](=O)[O-])c1cc(S(=O)(=O)NCc2ccccc2)ccc1Cl. The quantitative estimate of drug-likeness (QED) is 0.421. The van der Waals surface area contributed by atoms with E-state index in [0.717, 1.165) is 11.6 Å². The van der Waals surface area contributed by atoms with Crippen molar-refractivity contribution in [2.45, 2.75) is 11.4 Å². The molecule has 154 valence electrons. The monoisotopic (exact) mass is 445 g/mol. The second-order valence-electron chi connectivity index (χ2n) is 6.18. The average Bonchev–Trinajstić information content (AvgIpc) is 2.73. The number of para-hydroxylation sites is 2. The van der Waals surface area contributed by atoms with Crippen LogP contribution in [0.15, 0.2) is 77.7 Å². The van der Waals surface area contributed by atoms with Gasteiger partial charge in [-0.15, -0.1) is 0 Å². The Morgan fingerprint density at radius 3 is 2.37 bits per heavy atom. The first-order valence-electron chi connectivity index (χ1n) is 8.66. The number of nitro groups is 1. The number of carbonyl (C=O) groups excluding carboxylic acids is 1. The van der Waals surface area contributed by atoms with Crippen LogP contribution in [0.3, 0.4) is 0 Å². The lowest BCUT2D eigenvalue weighted by atomic mass is 10.2. The smallest absolute Gasteiger partial charge is 0.292 e. The summed E-state index contributed by atoms with van der Waals surface area (Å²) in [7, 11) is -3.92. The third-order valence-electron chi connectivity index (χ3n) is 4.15. The van der Waals surface area contributed by atoms with Crippen molar-refractivity contribution in [1.82, 2.24) is 4.72 Å². The van der Waals surface area contributed by atoms with Crippen molar-refractivity contribution >= 4 is 38.9 Å². The highest BCUT2D eigenvalue weighted by Crippen LogP contribution is 2.26. The first-order chi connectivity index (χ1) is 14.3. The fraction of sp³-hybridized carbons (Fsp3) is 0.0500. The van der Waals surface area contributed by atoms with Gasteiger partial charge in [0.1, 0.15) is 5.69 Å². The highest BCUT2D eigenvalue weighted by atomic mass is 35.5. The predicted octanol–water partition coefficient (Wildman–Crippen LogP) is 3.98. The standard InChI is InChI=1S/C20H16ClN3O5S/c21-17-11-10-15(30(28,29)22-13-14-6-2-1-3-7-14)12-16(17)20(25)23-18-8-4-5-9-19(18)24(26)27/h1-12,22H,13H2,(H,23,25). The second kappa shape index (κ2) is 9.04. The van der Waals surface area contributed by atoms with Crippen LogP contribution in [0.4, 0.5) is 11.4 Å². The first kappa shape index (κ1) is 21.4. The molecule has 0 spiro atoms. The molecule has 0 heterocycles. The molecule has 0 saturated heterocycles. The van der Waals surface area contributed by atoms with E-state index in [1.807, 2.05) is 6.07 Å². The molecule has 0 saturated carbocycles. The van der Waals surface area contributed by atoms with E-state index in [2.05, 4.69) is 10.0 Å². The number of hydrogen-bond acceptors (Lipinski definition) is 5. The Morgan fingerprint density at radius 1 is 1.00 bits per heavy atom. The van der Waals surface area contributed by atoms with Crippen molar-refractivity contribution < 1.29 is 18.1 Å². The second-order valence-corrected chi connectivity index (χ2v) is 8.35. The fourth-order valence-corrected chi connectivity index (χ4v) is 3.88. The molecule has 30 heavy (non-hydrogen) atoms. The first-order valence-corrected chi connectivity index (χ1v) is 10.5. The highest BCUT2D eigenvalue weighted by molar-refractivity contribution is 7.89. The Bertz CT molecular complexity index is 1200. The molecule has 2 N–H and O–H groups in total. The van der Waals surface area contributed by atoms with Gasteiger partial charge in [-0.1, -0.05) is 54.1 Å². The normalized spacial score (nSPS) is 11.1. The Kier molecular flexibility index (Phi) is 6.46. The van der Waals surface area contributed by atoms with E-state index < -0.39 is 20.9 Å². The Balaban J connectivity index is 1.84. The van der Waals surface area contributed by atoms with E-state index >= 15 is 0 Å². The molecular formula is C20H16ClN3O5S. The molecule has 0 aliphatic rings. The van der Waals surface area contributed by atoms with E-state index in [0.29, 0.717) is 0 Å². The van der Waals surface area contributed by atoms with E-state index in [1.165, 1.54) is 36.4 Å². The molecule has 0 aromatic heterocycles. The van der Waals surface area contributed by atoms with Crippen LogP contribution in [0.5, 0.6) is 0 Å². The van der Waals surface area contributed by atoms with Crippen LogP contribution in [0.2, 0.25) is 5.02 Å². The van der Waals surface area contributed by atoms with Crippen LogP contribution in [-0.4, -0.2) is 19.2 Å². The summed E-state index contributed by atoms with van der Waals surface area (Å²) < 4.78 is 27.7. The third-order valence-corrected chi connectivity index (χ3v) is 5.88.